The lowest BCUT2D eigenvalue weighted by molar-refractivity contribution is -0.383. The molecule has 1 heterocycles. The Balaban J connectivity index is 1.56. The molecule has 2 bridgehead atoms. The van der Waals surface area contributed by atoms with E-state index in [2.05, 4.69) is 5.32 Å². The van der Waals surface area contributed by atoms with E-state index in [9.17, 15) is 44.1 Å². The SMILES string of the molecule is CC(=O)O[C@@]12CO[C@]1(C)C[C@H](O)[C@@]1(C)C(=O)[C@H](O)C3=C(C)[C@@H](OC(=O)[C@H](OC(=O)OC(C)(C)C)[C@@H](NC(=O)C(C)=O)c4ccccc4)CC(O)([C@@H](OC(=O)c4ccccc4)[C@@H]12)C3(C)C. The average Bonchev–Trinajstić information content (AvgIpc) is 3.21. The number of ketones is 2. The Morgan fingerprint density at radius 3 is 2.00 bits per heavy atom. The van der Waals surface area contributed by atoms with Crippen molar-refractivity contribution in [3.05, 3.63) is 82.9 Å². The number of nitrogens with one attached hydrogen (secondary N) is 1. The van der Waals surface area contributed by atoms with Crippen LogP contribution in [0.1, 0.15) is 104 Å². The van der Waals surface area contributed by atoms with Gasteiger partial charge in [-0.3, -0.25) is 19.2 Å². The van der Waals surface area contributed by atoms with Crippen LogP contribution in [0.25, 0.3) is 0 Å². The van der Waals surface area contributed by atoms with Crippen molar-refractivity contribution >= 4 is 41.5 Å². The molecule has 0 radical (unpaired) electrons. The third kappa shape index (κ3) is 8.00. The Hall–Kier alpha value is -5.49. The van der Waals surface area contributed by atoms with Crippen molar-refractivity contribution in [3.8, 4) is 0 Å². The molecule has 3 fully saturated rings. The Morgan fingerprint density at radius 1 is 0.875 bits per heavy atom. The monoisotopic (exact) mass is 891 g/mol. The smallest absolute Gasteiger partial charge is 0.455 e. The van der Waals surface area contributed by atoms with E-state index >= 15 is 4.79 Å². The predicted octanol–water partition coefficient (Wildman–Crippen LogP) is 3.79. The van der Waals surface area contributed by atoms with Crippen LogP contribution in [-0.4, -0.2) is 116 Å². The first kappa shape index (κ1) is 48.0. The zero-order chi connectivity index (χ0) is 47.5. The summed E-state index contributed by atoms with van der Waals surface area (Å²) in [4.78, 5) is 95.9. The van der Waals surface area contributed by atoms with Gasteiger partial charge in [0, 0.05) is 32.1 Å². The predicted molar refractivity (Wildman–Crippen MR) is 223 cm³/mol. The van der Waals surface area contributed by atoms with E-state index in [-0.39, 0.29) is 35.3 Å². The van der Waals surface area contributed by atoms with Crippen molar-refractivity contribution < 1.29 is 77.3 Å². The van der Waals surface area contributed by atoms with Gasteiger partial charge in [-0.15, -0.1) is 0 Å². The lowest BCUT2D eigenvalue weighted by Crippen LogP contribution is -2.85. The number of fused-ring (bicyclic) bond motifs is 5. The van der Waals surface area contributed by atoms with Crippen LogP contribution in [0.2, 0.25) is 0 Å². The highest BCUT2D eigenvalue weighted by Crippen LogP contribution is 2.66. The summed E-state index contributed by atoms with van der Waals surface area (Å²) in [5.41, 5.74) is -10.6. The van der Waals surface area contributed by atoms with Crippen LogP contribution >= 0.6 is 0 Å². The fourth-order valence-electron chi connectivity index (χ4n) is 10.2. The van der Waals surface area contributed by atoms with Gasteiger partial charge in [0.15, 0.2) is 11.4 Å². The minimum Gasteiger partial charge on any atom is -0.455 e. The lowest BCUT2D eigenvalue weighted by atomic mass is 9.42. The number of Topliss-reactive ketones (excluding diaryl/α,β-unsaturated/α-hetero) is 2. The molecule has 346 valence electrons. The highest BCUT2D eigenvalue weighted by atomic mass is 16.7. The van der Waals surface area contributed by atoms with Gasteiger partial charge < -0.3 is 49.1 Å². The van der Waals surface area contributed by atoms with Gasteiger partial charge in [-0.2, -0.15) is 0 Å². The van der Waals surface area contributed by atoms with E-state index in [1.807, 2.05) is 0 Å². The summed E-state index contributed by atoms with van der Waals surface area (Å²) in [5, 5.41) is 40.6. The minimum atomic E-state index is -2.46. The normalized spacial score (nSPS) is 32.6. The Morgan fingerprint density at radius 2 is 1.47 bits per heavy atom. The molecule has 1 aliphatic heterocycles. The van der Waals surface area contributed by atoms with Gasteiger partial charge in [0.2, 0.25) is 11.9 Å². The second-order valence-corrected chi connectivity index (χ2v) is 19.1. The second kappa shape index (κ2) is 16.8. The number of aliphatic hydroxyl groups excluding tert-OH is 2. The number of aliphatic hydroxyl groups is 3. The van der Waals surface area contributed by atoms with Gasteiger partial charge in [-0.05, 0) is 70.4 Å². The fourth-order valence-corrected chi connectivity index (χ4v) is 10.2. The number of hydrogen-bond acceptors (Lipinski definition) is 16. The quantitative estimate of drug-likeness (QED) is 0.115. The standard InChI is InChI=1S/C47H57NO16/c1-24-29(60-40(56)34(61-41(57)64-42(4,5)6)32(48-38(54)25(2)49)27-17-13-11-14-18-27)21-46(58)37(62-39(55)28-19-15-12-16-20-28)35-45(10,36(53)33(52)31(24)43(46,7)8)30(51)22-44(9)47(35,23-59-44)63-26(3)50/h11-20,29-30,32-35,37,51-52,58H,21-23H2,1-10H3,(H,48,54)/t29-,30-,32-,33+,34+,35-,37-,44+,45+,46?,47+/m0/s1. The molecule has 2 saturated carbocycles. The van der Waals surface area contributed by atoms with Crippen molar-refractivity contribution in [1.82, 2.24) is 5.32 Å². The zero-order valence-corrected chi connectivity index (χ0v) is 37.6. The first-order chi connectivity index (χ1) is 29.6. The molecule has 11 atom stereocenters. The Labute approximate surface area is 370 Å². The summed E-state index contributed by atoms with van der Waals surface area (Å²) < 4.78 is 35.7. The maximum atomic E-state index is 15.2. The molecule has 1 saturated heterocycles. The third-order valence-corrected chi connectivity index (χ3v) is 13.7. The van der Waals surface area contributed by atoms with E-state index in [1.54, 1.807) is 64.1 Å². The van der Waals surface area contributed by atoms with Crippen LogP contribution in [0.15, 0.2) is 71.8 Å². The molecule has 1 unspecified atom stereocenters. The number of amides is 1. The minimum absolute atomic E-state index is 0.0389. The van der Waals surface area contributed by atoms with Crippen LogP contribution in [0.3, 0.4) is 0 Å². The number of ether oxygens (including phenoxy) is 6. The largest absolute Gasteiger partial charge is 0.509 e. The first-order valence-corrected chi connectivity index (χ1v) is 21.0. The molecule has 6 rings (SSSR count). The lowest BCUT2D eigenvalue weighted by Gasteiger charge is -2.70. The van der Waals surface area contributed by atoms with Crippen molar-refractivity contribution in [2.24, 2.45) is 16.7 Å². The molecule has 17 nitrogen and oxygen atoms in total. The van der Waals surface area contributed by atoms with Gasteiger partial charge in [-0.1, -0.05) is 62.4 Å². The topological polar surface area (TPSA) is 248 Å². The highest BCUT2D eigenvalue weighted by molar-refractivity contribution is 6.35. The zero-order valence-electron chi connectivity index (χ0n) is 37.6. The Kier molecular flexibility index (Phi) is 12.6. The summed E-state index contributed by atoms with van der Waals surface area (Å²) in [5.74, 6) is -7.75. The summed E-state index contributed by atoms with van der Waals surface area (Å²) in [6.45, 7) is 13.8. The number of benzene rings is 2. The van der Waals surface area contributed by atoms with E-state index in [0.29, 0.717) is 0 Å². The molecule has 0 aromatic heterocycles. The molecular weight excluding hydrogens is 835 g/mol. The summed E-state index contributed by atoms with van der Waals surface area (Å²) in [7, 11) is 0. The molecule has 17 heteroatoms. The first-order valence-electron chi connectivity index (χ1n) is 21.0. The fraction of sp³-hybridized carbons (Fsp3) is 0.553. The number of rotatable bonds is 10. The summed E-state index contributed by atoms with van der Waals surface area (Å²) >= 11 is 0. The summed E-state index contributed by atoms with van der Waals surface area (Å²) in [6, 6.07) is 14.0. The van der Waals surface area contributed by atoms with Crippen LogP contribution in [0.5, 0.6) is 0 Å². The molecule has 2 aromatic rings. The molecule has 2 aromatic carbocycles. The van der Waals surface area contributed by atoms with Crippen LogP contribution in [0, 0.1) is 16.7 Å². The number of esters is 3. The van der Waals surface area contributed by atoms with Gasteiger partial charge in [-0.25, -0.2) is 14.4 Å². The maximum absolute atomic E-state index is 15.2. The van der Waals surface area contributed by atoms with E-state index < -0.39 is 124 Å². The molecule has 64 heavy (non-hydrogen) atoms. The van der Waals surface area contributed by atoms with Gasteiger partial charge in [0.1, 0.15) is 41.2 Å². The number of carbonyl (C=O) groups excluding carboxylic acids is 7. The second-order valence-electron chi connectivity index (χ2n) is 19.1. The van der Waals surface area contributed by atoms with E-state index in [1.165, 1.54) is 52.0 Å². The van der Waals surface area contributed by atoms with Crippen LogP contribution in [0.4, 0.5) is 4.79 Å². The third-order valence-electron chi connectivity index (χ3n) is 13.7. The van der Waals surface area contributed by atoms with Crippen LogP contribution < -0.4 is 5.32 Å². The van der Waals surface area contributed by atoms with Crippen molar-refractivity contribution in [2.45, 2.75) is 141 Å². The van der Waals surface area contributed by atoms with Crippen molar-refractivity contribution in [3.63, 3.8) is 0 Å². The van der Waals surface area contributed by atoms with Gasteiger partial charge >= 0.3 is 24.1 Å². The molecule has 4 N–H and O–H groups in total. The average molecular weight is 892 g/mol. The molecule has 1 amide bonds. The van der Waals surface area contributed by atoms with Crippen molar-refractivity contribution in [1.29, 1.82) is 0 Å². The number of carbonyl (C=O) groups is 7. The van der Waals surface area contributed by atoms with Gasteiger partial charge in [0.25, 0.3) is 5.91 Å². The highest BCUT2D eigenvalue weighted by Gasteiger charge is 2.81. The van der Waals surface area contributed by atoms with Gasteiger partial charge in [0.05, 0.1) is 29.6 Å². The molecule has 3 aliphatic carbocycles. The Bertz CT molecular complexity index is 2250. The molecule has 4 aliphatic rings. The molecular formula is C47H57NO16. The maximum Gasteiger partial charge on any atom is 0.509 e. The number of hydrogen-bond donors (Lipinski definition) is 4. The summed E-state index contributed by atoms with van der Waals surface area (Å²) in [6.07, 6.45) is -11.5. The van der Waals surface area contributed by atoms with Crippen LogP contribution in [-0.2, 0) is 52.4 Å². The van der Waals surface area contributed by atoms with E-state index in [0.717, 1.165) is 13.8 Å². The van der Waals surface area contributed by atoms with Crippen molar-refractivity contribution in [2.75, 3.05) is 6.61 Å². The van der Waals surface area contributed by atoms with E-state index in [4.69, 9.17) is 28.4 Å². The molecule has 0 spiro atoms.